The minimum atomic E-state index is 0.173. The summed E-state index contributed by atoms with van der Waals surface area (Å²) in [6.45, 7) is 5.96. The molecule has 2 aromatic rings. The number of nitrogen functional groups attached to an aromatic ring is 1. The number of likely N-dealkylation sites (tertiary alicyclic amines) is 1. The lowest BCUT2D eigenvalue weighted by Gasteiger charge is -2.30. The zero-order valence-corrected chi connectivity index (χ0v) is 16.6. The van der Waals surface area contributed by atoms with E-state index in [1.165, 1.54) is 23.7 Å². The topological polar surface area (TPSA) is 97.0 Å². The van der Waals surface area contributed by atoms with Crippen LogP contribution in [-0.2, 0) is 10.5 Å². The molecule has 3 rings (SSSR count). The average Bonchev–Trinajstić information content (AvgIpc) is 2.63. The van der Waals surface area contributed by atoms with E-state index in [1.807, 2.05) is 36.1 Å². The van der Waals surface area contributed by atoms with Gasteiger partial charge in [0.05, 0.1) is 11.5 Å². The summed E-state index contributed by atoms with van der Waals surface area (Å²) >= 11 is 1.51. The fraction of sp³-hybridized carbons (Fsp3) is 0.474. The van der Waals surface area contributed by atoms with Crippen LogP contribution in [0.3, 0.4) is 0 Å². The Balaban J connectivity index is 1.54. The molecule has 1 aromatic carbocycles. The Kier molecular flexibility index (Phi) is 6.49. The molecular weight excluding hydrogens is 360 g/mol. The lowest BCUT2D eigenvalue weighted by Crippen LogP contribution is -2.40. The third-order valence-corrected chi connectivity index (χ3v) is 5.39. The van der Waals surface area contributed by atoms with Gasteiger partial charge in [-0.2, -0.15) is 15.0 Å². The van der Waals surface area contributed by atoms with Crippen LogP contribution in [0.4, 0.5) is 17.6 Å². The van der Waals surface area contributed by atoms with Crippen molar-refractivity contribution in [2.45, 2.75) is 32.4 Å². The van der Waals surface area contributed by atoms with E-state index in [-0.39, 0.29) is 11.9 Å². The van der Waals surface area contributed by atoms with Crippen LogP contribution in [0.15, 0.2) is 24.3 Å². The number of thioether (sulfide) groups is 1. The second-order valence-corrected chi connectivity index (χ2v) is 7.99. The highest BCUT2D eigenvalue weighted by molar-refractivity contribution is 7.99. The number of nitrogens with zero attached hydrogens (tertiary/aromatic N) is 4. The quantitative estimate of drug-likeness (QED) is 0.787. The van der Waals surface area contributed by atoms with Gasteiger partial charge >= 0.3 is 0 Å². The number of hydrogen-bond donors (Lipinski definition) is 2. The molecule has 1 aromatic heterocycles. The van der Waals surface area contributed by atoms with E-state index >= 15 is 0 Å². The predicted octanol–water partition coefficient (Wildman–Crippen LogP) is 3.00. The second kappa shape index (κ2) is 9.03. The molecule has 7 nitrogen and oxygen atoms in total. The predicted molar refractivity (Wildman–Crippen MR) is 110 cm³/mol. The average molecular weight is 387 g/mol. The van der Waals surface area contributed by atoms with Crippen molar-refractivity contribution in [1.82, 2.24) is 19.9 Å². The van der Waals surface area contributed by atoms with Crippen LogP contribution in [0, 0.1) is 12.8 Å². The number of aryl methyl sites for hydroxylation is 1. The maximum Gasteiger partial charge on any atom is 0.232 e. The first-order chi connectivity index (χ1) is 13.0. The van der Waals surface area contributed by atoms with Crippen molar-refractivity contribution in [2.24, 2.45) is 5.92 Å². The molecule has 0 unspecified atom stereocenters. The summed E-state index contributed by atoms with van der Waals surface area (Å²) < 4.78 is 0. The van der Waals surface area contributed by atoms with Crippen molar-refractivity contribution in [3.63, 3.8) is 0 Å². The van der Waals surface area contributed by atoms with Gasteiger partial charge in [-0.15, -0.1) is 11.8 Å². The van der Waals surface area contributed by atoms with Crippen LogP contribution in [0.1, 0.15) is 31.2 Å². The largest absolute Gasteiger partial charge is 0.368 e. The molecule has 0 aliphatic carbocycles. The molecule has 1 fully saturated rings. The van der Waals surface area contributed by atoms with E-state index in [0.717, 1.165) is 25.2 Å². The molecule has 1 amide bonds. The number of nitrogens with two attached hydrogens (primary N) is 1. The van der Waals surface area contributed by atoms with Gasteiger partial charge < -0.3 is 16.0 Å². The van der Waals surface area contributed by atoms with Crippen molar-refractivity contribution in [3.05, 3.63) is 35.7 Å². The third-order valence-electron chi connectivity index (χ3n) is 4.47. The SMILES string of the molecule is Cc1ccc(Nc2nc(N)nc(CSCC(=O)N3CCC[C@@H](C)C3)n2)cc1. The maximum atomic E-state index is 12.4. The summed E-state index contributed by atoms with van der Waals surface area (Å²) in [5, 5.41) is 3.14. The van der Waals surface area contributed by atoms with Crippen LogP contribution in [0.2, 0.25) is 0 Å². The van der Waals surface area contributed by atoms with Gasteiger partial charge in [-0.1, -0.05) is 24.6 Å². The number of piperidine rings is 1. The van der Waals surface area contributed by atoms with E-state index in [4.69, 9.17) is 5.73 Å². The van der Waals surface area contributed by atoms with Crippen molar-refractivity contribution in [1.29, 1.82) is 0 Å². The fourth-order valence-electron chi connectivity index (χ4n) is 3.06. The van der Waals surface area contributed by atoms with Gasteiger partial charge in [0.1, 0.15) is 5.82 Å². The Morgan fingerprint density at radius 3 is 2.81 bits per heavy atom. The van der Waals surface area contributed by atoms with Crippen molar-refractivity contribution >= 4 is 35.3 Å². The maximum absolute atomic E-state index is 12.4. The van der Waals surface area contributed by atoms with Gasteiger partial charge in [0, 0.05) is 18.8 Å². The minimum absolute atomic E-state index is 0.173. The Morgan fingerprint density at radius 2 is 2.07 bits per heavy atom. The monoisotopic (exact) mass is 386 g/mol. The summed E-state index contributed by atoms with van der Waals surface area (Å²) in [6.07, 6.45) is 2.30. The number of rotatable bonds is 6. The first-order valence-corrected chi connectivity index (χ1v) is 10.3. The Morgan fingerprint density at radius 1 is 1.30 bits per heavy atom. The molecule has 0 spiro atoms. The summed E-state index contributed by atoms with van der Waals surface area (Å²) in [7, 11) is 0. The van der Waals surface area contributed by atoms with Crippen molar-refractivity contribution in [3.8, 4) is 0 Å². The van der Waals surface area contributed by atoms with Crippen LogP contribution in [0.5, 0.6) is 0 Å². The van der Waals surface area contributed by atoms with Crippen molar-refractivity contribution in [2.75, 3.05) is 29.9 Å². The smallest absolute Gasteiger partial charge is 0.232 e. The van der Waals surface area contributed by atoms with Gasteiger partial charge in [-0.05, 0) is 37.8 Å². The molecule has 0 bridgehead atoms. The van der Waals surface area contributed by atoms with E-state index in [0.29, 0.717) is 29.2 Å². The molecule has 27 heavy (non-hydrogen) atoms. The molecular formula is C19H26N6OS. The molecule has 3 N–H and O–H groups in total. The molecule has 0 radical (unpaired) electrons. The highest BCUT2D eigenvalue weighted by Crippen LogP contribution is 2.19. The van der Waals surface area contributed by atoms with Gasteiger partial charge in [-0.25, -0.2) is 0 Å². The van der Waals surface area contributed by atoms with Crippen LogP contribution >= 0.6 is 11.8 Å². The number of carbonyl (C=O) groups excluding carboxylic acids is 1. The van der Waals surface area contributed by atoms with Gasteiger partial charge in [-0.3, -0.25) is 4.79 Å². The minimum Gasteiger partial charge on any atom is -0.368 e. The number of amides is 1. The third kappa shape index (κ3) is 5.82. The number of carbonyl (C=O) groups is 1. The van der Waals surface area contributed by atoms with Crippen molar-refractivity contribution < 1.29 is 4.79 Å². The number of hydrogen-bond acceptors (Lipinski definition) is 7. The number of anilines is 3. The summed E-state index contributed by atoms with van der Waals surface area (Å²) in [5.74, 6) is 2.88. The van der Waals surface area contributed by atoms with Gasteiger partial charge in [0.15, 0.2) is 0 Å². The number of benzene rings is 1. The Labute approximate surface area is 164 Å². The lowest BCUT2D eigenvalue weighted by atomic mass is 10.0. The molecule has 8 heteroatoms. The molecule has 2 heterocycles. The van der Waals surface area contributed by atoms with Crippen LogP contribution in [-0.4, -0.2) is 44.6 Å². The normalized spacial score (nSPS) is 17.0. The van der Waals surface area contributed by atoms with E-state index in [9.17, 15) is 4.79 Å². The summed E-state index contributed by atoms with van der Waals surface area (Å²) in [6, 6.07) is 7.94. The summed E-state index contributed by atoms with van der Waals surface area (Å²) in [5.41, 5.74) is 7.88. The first-order valence-electron chi connectivity index (χ1n) is 9.19. The van der Waals surface area contributed by atoms with Gasteiger partial charge in [0.2, 0.25) is 17.8 Å². The fourth-order valence-corrected chi connectivity index (χ4v) is 3.83. The Hall–Kier alpha value is -2.35. The number of nitrogens with one attached hydrogen (secondary N) is 1. The Bertz CT molecular complexity index is 782. The van der Waals surface area contributed by atoms with E-state index in [1.54, 1.807) is 0 Å². The standard InChI is InChI=1S/C19H26N6OS/c1-13-5-7-15(8-6-13)21-19-23-16(22-18(20)24-19)11-27-12-17(26)25-9-3-4-14(2)10-25/h5-8,14H,3-4,9-12H2,1-2H3,(H3,20,21,22,23,24)/t14-/m1/s1. The lowest BCUT2D eigenvalue weighted by molar-refractivity contribution is -0.130. The van der Waals surface area contributed by atoms with Gasteiger partial charge in [0.25, 0.3) is 0 Å². The zero-order chi connectivity index (χ0) is 19.2. The van der Waals surface area contributed by atoms with Crippen LogP contribution < -0.4 is 11.1 Å². The molecule has 1 saturated heterocycles. The molecule has 1 aliphatic heterocycles. The molecule has 144 valence electrons. The molecule has 0 saturated carbocycles. The van der Waals surface area contributed by atoms with Crippen LogP contribution in [0.25, 0.3) is 0 Å². The van der Waals surface area contributed by atoms with E-state index < -0.39 is 0 Å². The molecule has 1 atom stereocenters. The molecule has 1 aliphatic rings. The number of aromatic nitrogens is 3. The second-order valence-electron chi connectivity index (χ2n) is 7.00. The summed E-state index contributed by atoms with van der Waals surface area (Å²) in [4.78, 5) is 27.0. The highest BCUT2D eigenvalue weighted by atomic mass is 32.2. The zero-order valence-electron chi connectivity index (χ0n) is 15.8. The highest BCUT2D eigenvalue weighted by Gasteiger charge is 2.20. The first kappa shape index (κ1) is 19.4. The van der Waals surface area contributed by atoms with E-state index in [2.05, 4.69) is 27.2 Å².